The van der Waals surface area contributed by atoms with Gasteiger partial charge in [-0.25, -0.2) is 0 Å². The van der Waals surface area contributed by atoms with Crippen molar-refractivity contribution >= 4 is 67.7 Å². The van der Waals surface area contributed by atoms with Gasteiger partial charge in [-0.05, 0) is 53.1 Å². The van der Waals surface area contributed by atoms with Crippen LogP contribution >= 0.6 is 50.8 Å². The molecule has 4 rings (SSSR count). The molecule has 4 aromatic rings. The molecular formula is C26H28BrN7O2S3. The first-order valence-electron chi connectivity index (χ1n) is 12.1. The van der Waals surface area contributed by atoms with Gasteiger partial charge in [0.25, 0.3) is 5.91 Å². The van der Waals surface area contributed by atoms with Crippen LogP contribution in [0.4, 0.5) is 5.13 Å². The van der Waals surface area contributed by atoms with Crippen LogP contribution < -0.4 is 10.6 Å². The number of halogens is 1. The molecule has 0 spiro atoms. The van der Waals surface area contributed by atoms with Gasteiger partial charge in [0.05, 0.1) is 12.3 Å². The Hall–Kier alpha value is -2.74. The summed E-state index contributed by atoms with van der Waals surface area (Å²) in [6.45, 7) is 8.60. The highest BCUT2D eigenvalue weighted by Crippen LogP contribution is 2.27. The molecule has 0 aliphatic heterocycles. The average Bonchev–Trinajstić information content (AvgIpc) is 3.52. The minimum atomic E-state index is -0.219. The second-order valence-corrected chi connectivity index (χ2v) is 13.7. The van der Waals surface area contributed by atoms with E-state index in [0.29, 0.717) is 21.7 Å². The zero-order valence-corrected chi connectivity index (χ0v) is 25.9. The number of hydrogen-bond acceptors (Lipinski definition) is 9. The van der Waals surface area contributed by atoms with Gasteiger partial charge in [-0.1, -0.05) is 90.6 Å². The average molecular weight is 647 g/mol. The van der Waals surface area contributed by atoms with Crippen molar-refractivity contribution in [2.24, 2.45) is 0 Å². The number of carbonyl (C=O) groups excluding carboxylic acids is 2. The first-order valence-corrected chi connectivity index (χ1v) is 15.7. The Morgan fingerprint density at radius 1 is 0.974 bits per heavy atom. The third-order valence-electron chi connectivity index (χ3n) is 5.46. The summed E-state index contributed by atoms with van der Waals surface area (Å²) in [4.78, 5) is 25.5. The number of hydrogen-bond donors (Lipinski definition) is 2. The largest absolute Gasteiger partial charge is 0.345 e. The summed E-state index contributed by atoms with van der Waals surface area (Å²) in [6.07, 6.45) is 0. The van der Waals surface area contributed by atoms with E-state index in [0.717, 1.165) is 25.8 Å². The predicted octanol–water partition coefficient (Wildman–Crippen LogP) is 5.95. The van der Waals surface area contributed by atoms with Gasteiger partial charge in [0, 0.05) is 15.7 Å². The second kappa shape index (κ2) is 13.1. The molecular weight excluding hydrogens is 618 g/mol. The van der Waals surface area contributed by atoms with E-state index in [2.05, 4.69) is 67.7 Å². The summed E-state index contributed by atoms with van der Waals surface area (Å²) in [6, 6.07) is 15.3. The summed E-state index contributed by atoms with van der Waals surface area (Å²) < 4.78 is 3.58. The van der Waals surface area contributed by atoms with Crippen LogP contribution in [0.3, 0.4) is 0 Å². The first-order chi connectivity index (χ1) is 18.6. The van der Waals surface area contributed by atoms with Gasteiger partial charge in [-0.15, -0.1) is 20.4 Å². The predicted molar refractivity (Wildman–Crippen MR) is 161 cm³/mol. The molecule has 204 valence electrons. The van der Waals surface area contributed by atoms with E-state index in [-0.39, 0.29) is 29.5 Å². The molecule has 0 saturated carbocycles. The number of amides is 2. The monoisotopic (exact) mass is 645 g/mol. The Labute approximate surface area is 248 Å². The van der Waals surface area contributed by atoms with Gasteiger partial charge >= 0.3 is 0 Å². The van der Waals surface area contributed by atoms with E-state index < -0.39 is 0 Å². The van der Waals surface area contributed by atoms with Crippen molar-refractivity contribution in [2.75, 3.05) is 16.8 Å². The molecule has 0 saturated heterocycles. The van der Waals surface area contributed by atoms with Crippen LogP contribution in [-0.4, -0.2) is 48.3 Å². The molecule has 2 aromatic heterocycles. The van der Waals surface area contributed by atoms with E-state index >= 15 is 0 Å². The van der Waals surface area contributed by atoms with Crippen molar-refractivity contribution < 1.29 is 9.59 Å². The molecule has 0 atom stereocenters. The summed E-state index contributed by atoms with van der Waals surface area (Å²) in [7, 11) is 0. The third-order valence-corrected chi connectivity index (χ3v) is 8.77. The van der Waals surface area contributed by atoms with Crippen LogP contribution in [0, 0.1) is 0 Å². The Balaban J connectivity index is 1.46. The molecule has 0 aliphatic carbocycles. The molecule has 2 aromatic carbocycles. The zero-order chi connectivity index (χ0) is 28.0. The van der Waals surface area contributed by atoms with Crippen LogP contribution in [0.15, 0.2) is 62.5 Å². The van der Waals surface area contributed by atoms with Gasteiger partial charge < -0.3 is 5.32 Å². The van der Waals surface area contributed by atoms with Crippen molar-refractivity contribution in [3.63, 3.8) is 0 Å². The van der Waals surface area contributed by atoms with Gasteiger partial charge in [0.1, 0.15) is 0 Å². The summed E-state index contributed by atoms with van der Waals surface area (Å²) in [5, 5.41) is 23.4. The van der Waals surface area contributed by atoms with E-state index in [9.17, 15) is 9.59 Å². The highest BCUT2D eigenvalue weighted by Gasteiger charge is 2.19. The Morgan fingerprint density at radius 2 is 1.69 bits per heavy atom. The number of aromatic nitrogens is 5. The third kappa shape index (κ3) is 7.90. The lowest BCUT2D eigenvalue weighted by molar-refractivity contribution is -0.113. The fourth-order valence-electron chi connectivity index (χ4n) is 3.47. The van der Waals surface area contributed by atoms with Crippen LogP contribution in [0.5, 0.6) is 0 Å². The molecule has 2 N–H and O–H groups in total. The smallest absolute Gasteiger partial charge is 0.251 e. The lowest BCUT2D eigenvalue weighted by atomic mass is 9.87. The number of nitrogens with one attached hydrogen (secondary N) is 2. The first kappa shape index (κ1) is 29.2. The number of benzene rings is 2. The second-order valence-electron chi connectivity index (χ2n) is 9.36. The number of carbonyl (C=O) groups is 2. The minimum absolute atomic E-state index is 0.00924. The van der Waals surface area contributed by atoms with Crippen molar-refractivity contribution in [1.29, 1.82) is 0 Å². The van der Waals surface area contributed by atoms with Gasteiger partial charge in [-0.3, -0.25) is 19.5 Å². The topological polar surface area (TPSA) is 115 Å². The van der Waals surface area contributed by atoms with Gasteiger partial charge in [-0.2, -0.15) is 0 Å². The fraction of sp³-hybridized carbons (Fsp3) is 0.308. The highest BCUT2D eigenvalue weighted by atomic mass is 79.9. The quantitative estimate of drug-likeness (QED) is 0.161. The standard InChI is InChI=1S/C26H28BrN7O2S3/c1-5-37-25-33-31-23(39-25)29-21(35)15-38-24-32-30-20(34(24)19-12-10-18(27)11-13-19)14-28-22(36)16-6-8-17(9-7-16)26(2,3)4/h6-13H,5,14-15H2,1-4H3,(H,28,36)(H,29,31,35). The van der Waals surface area contributed by atoms with Crippen molar-refractivity contribution in [3.05, 3.63) is 70.0 Å². The summed E-state index contributed by atoms with van der Waals surface area (Å²) >= 11 is 7.63. The van der Waals surface area contributed by atoms with Crippen LogP contribution in [-0.2, 0) is 16.8 Å². The normalized spacial score (nSPS) is 11.4. The number of anilines is 1. The number of rotatable bonds is 10. The number of thioether (sulfide) groups is 2. The van der Waals surface area contributed by atoms with E-state index in [4.69, 9.17) is 0 Å². The van der Waals surface area contributed by atoms with Crippen LogP contribution in [0.1, 0.15) is 49.4 Å². The minimum Gasteiger partial charge on any atom is -0.345 e. The van der Waals surface area contributed by atoms with E-state index in [1.54, 1.807) is 11.8 Å². The van der Waals surface area contributed by atoms with Crippen molar-refractivity contribution in [1.82, 2.24) is 30.3 Å². The van der Waals surface area contributed by atoms with Crippen LogP contribution in [0.25, 0.3) is 5.69 Å². The van der Waals surface area contributed by atoms with Gasteiger partial charge in [0.15, 0.2) is 15.3 Å². The lowest BCUT2D eigenvalue weighted by Gasteiger charge is -2.19. The summed E-state index contributed by atoms with van der Waals surface area (Å²) in [5.41, 5.74) is 2.55. The van der Waals surface area contributed by atoms with Crippen LogP contribution in [0.2, 0.25) is 0 Å². The molecule has 9 nitrogen and oxygen atoms in total. The molecule has 0 bridgehead atoms. The molecule has 2 amide bonds. The maximum Gasteiger partial charge on any atom is 0.251 e. The molecule has 2 heterocycles. The molecule has 0 fully saturated rings. The number of nitrogens with zero attached hydrogens (tertiary/aromatic N) is 5. The molecule has 0 unspecified atom stereocenters. The van der Waals surface area contributed by atoms with Crippen molar-refractivity contribution in [3.8, 4) is 5.69 Å². The Kier molecular flexibility index (Phi) is 9.81. The fourth-order valence-corrected chi connectivity index (χ4v) is 6.17. The molecule has 13 heteroatoms. The maximum absolute atomic E-state index is 12.9. The summed E-state index contributed by atoms with van der Waals surface area (Å²) in [5.74, 6) is 1.12. The Bertz CT molecular complexity index is 1430. The SMILES string of the molecule is CCSc1nnc(NC(=O)CSc2nnc(CNC(=O)c3ccc(C(C)(C)C)cc3)n2-c2ccc(Br)cc2)s1. The highest BCUT2D eigenvalue weighted by molar-refractivity contribution is 9.10. The zero-order valence-electron chi connectivity index (χ0n) is 21.9. The van der Waals surface area contributed by atoms with Crippen molar-refractivity contribution in [2.45, 2.75) is 49.2 Å². The maximum atomic E-state index is 12.9. The molecule has 0 radical (unpaired) electrons. The van der Waals surface area contributed by atoms with E-state index in [1.807, 2.05) is 60.0 Å². The van der Waals surface area contributed by atoms with Gasteiger partial charge in [0.2, 0.25) is 11.0 Å². The lowest BCUT2D eigenvalue weighted by Crippen LogP contribution is -2.25. The molecule has 0 aliphatic rings. The Morgan fingerprint density at radius 3 is 2.36 bits per heavy atom. The molecule has 39 heavy (non-hydrogen) atoms. The van der Waals surface area contributed by atoms with E-state index in [1.165, 1.54) is 23.1 Å².